The van der Waals surface area contributed by atoms with Gasteiger partial charge in [-0.1, -0.05) is 40.6 Å². The van der Waals surface area contributed by atoms with Crippen LogP contribution in [0.2, 0.25) is 10.0 Å². The van der Waals surface area contributed by atoms with Gasteiger partial charge in [0.15, 0.2) is 0 Å². The van der Waals surface area contributed by atoms with Gasteiger partial charge in [-0.15, -0.1) is 0 Å². The highest BCUT2D eigenvalue weighted by atomic mass is 35.5. The first-order chi connectivity index (χ1) is 16.2. The van der Waals surface area contributed by atoms with Crippen molar-refractivity contribution in [3.05, 3.63) is 86.4 Å². The summed E-state index contributed by atoms with van der Waals surface area (Å²) in [6.07, 6.45) is 0. The maximum absolute atomic E-state index is 13.4. The average molecular weight is 536 g/mol. The predicted octanol–water partition coefficient (Wildman–Crippen LogP) is 5.22. The van der Waals surface area contributed by atoms with Gasteiger partial charge in [0, 0.05) is 22.3 Å². The number of rotatable bonds is 7. The molecule has 4 aromatic rings. The minimum absolute atomic E-state index is 0.0169. The van der Waals surface area contributed by atoms with Crippen molar-refractivity contribution in [3.8, 4) is 0 Å². The Morgan fingerprint density at radius 3 is 2.44 bits per heavy atom. The molecule has 1 N–H and O–H groups in total. The lowest BCUT2D eigenvalue weighted by atomic mass is 10.3. The summed E-state index contributed by atoms with van der Waals surface area (Å²) in [5.74, 6) is -0.556. The Morgan fingerprint density at radius 2 is 1.76 bits per heavy atom. The number of amides is 1. The lowest BCUT2D eigenvalue weighted by molar-refractivity contribution is -0.114. The highest BCUT2D eigenvalue weighted by Gasteiger charge is 2.27. The molecule has 0 aliphatic carbocycles. The Hall–Kier alpha value is -2.85. The molecule has 7 nitrogen and oxygen atoms in total. The van der Waals surface area contributed by atoms with E-state index < -0.39 is 22.5 Å². The molecule has 0 bridgehead atoms. The van der Waals surface area contributed by atoms with Crippen molar-refractivity contribution in [2.24, 2.45) is 0 Å². The number of hydrogen-bond acceptors (Lipinski definition) is 5. The molecule has 34 heavy (non-hydrogen) atoms. The molecule has 4 rings (SSSR count). The molecule has 0 radical (unpaired) electrons. The van der Waals surface area contributed by atoms with Crippen molar-refractivity contribution in [2.75, 3.05) is 16.2 Å². The molecule has 1 amide bonds. The van der Waals surface area contributed by atoms with Gasteiger partial charge < -0.3 is 5.32 Å². The van der Waals surface area contributed by atoms with E-state index >= 15 is 0 Å². The molecule has 3 aromatic carbocycles. The van der Waals surface area contributed by atoms with Gasteiger partial charge >= 0.3 is 4.87 Å². The van der Waals surface area contributed by atoms with E-state index in [0.29, 0.717) is 22.3 Å². The molecule has 11 heteroatoms. The quantitative estimate of drug-likeness (QED) is 0.351. The SMILES string of the molecule is CCn1c(=O)sc2cc(NC(=O)CN(c3cccc(Cl)c3)S(=O)(=O)c3ccc(Cl)cc3)ccc21. The predicted molar refractivity (Wildman–Crippen MR) is 138 cm³/mol. The number of fused-ring (bicyclic) bond motifs is 1. The molecule has 0 unspecified atom stereocenters. The molecule has 176 valence electrons. The maximum Gasteiger partial charge on any atom is 0.308 e. The second-order valence-electron chi connectivity index (χ2n) is 7.29. The first kappa shape index (κ1) is 24.3. The molecule has 1 aromatic heterocycles. The topological polar surface area (TPSA) is 88.5 Å². The number of nitrogens with zero attached hydrogens (tertiary/aromatic N) is 2. The summed E-state index contributed by atoms with van der Waals surface area (Å²) in [5, 5.41) is 3.44. The van der Waals surface area contributed by atoms with Gasteiger partial charge in [-0.25, -0.2) is 8.42 Å². The summed E-state index contributed by atoms with van der Waals surface area (Å²) in [7, 11) is -4.10. The summed E-state index contributed by atoms with van der Waals surface area (Å²) in [6.45, 7) is 1.94. The van der Waals surface area contributed by atoms with Crippen molar-refractivity contribution in [1.29, 1.82) is 0 Å². The number of benzene rings is 3. The smallest absolute Gasteiger partial charge is 0.308 e. The molecule has 0 aliphatic rings. The van der Waals surface area contributed by atoms with Crippen LogP contribution >= 0.6 is 34.5 Å². The average Bonchev–Trinajstić information content (AvgIpc) is 3.11. The molecule has 1 heterocycles. The molecular formula is C23H19Cl2N3O4S2. The summed E-state index contributed by atoms with van der Waals surface area (Å²) in [6, 6.07) is 17.1. The minimum Gasteiger partial charge on any atom is -0.324 e. The van der Waals surface area contributed by atoms with Gasteiger partial charge in [-0.3, -0.25) is 18.5 Å². The van der Waals surface area contributed by atoms with Gasteiger partial charge in [-0.2, -0.15) is 0 Å². The molecule has 0 aliphatic heterocycles. The summed E-state index contributed by atoms with van der Waals surface area (Å²) < 4.78 is 30.2. The van der Waals surface area contributed by atoms with Crippen molar-refractivity contribution in [1.82, 2.24) is 4.57 Å². The molecular weight excluding hydrogens is 517 g/mol. The third kappa shape index (κ3) is 4.97. The van der Waals surface area contributed by atoms with Gasteiger partial charge in [-0.05, 0) is 67.6 Å². The molecule has 0 atom stereocenters. The van der Waals surface area contributed by atoms with Crippen LogP contribution in [-0.2, 0) is 21.4 Å². The van der Waals surface area contributed by atoms with Crippen LogP contribution in [0.15, 0.2) is 76.4 Å². The molecule has 0 fully saturated rings. The van der Waals surface area contributed by atoms with Gasteiger partial charge in [0.05, 0.1) is 20.8 Å². The third-order valence-corrected chi connectivity index (χ3v) is 8.27. The van der Waals surface area contributed by atoms with Crippen LogP contribution in [0.4, 0.5) is 11.4 Å². The van der Waals surface area contributed by atoms with E-state index in [2.05, 4.69) is 5.32 Å². The van der Waals surface area contributed by atoms with E-state index in [1.54, 1.807) is 41.0 Å². The highest BCUT2D eigenvalue weighted by Crippen LogP contribution is 2.27. The zero-order valence-corrected chi connectivity index (χ0v) is 21.0. The zero-order chi connectivity index (χ0) is 24.5. The fraction of sp³-hybridized carbons (Fsp3) is 0.130. The number of halogens is 2. The Morgan fingerprint density at radius 1 is 1.03 bits per heavy atom. The molecule has 0 saturated heterocycles. The fourth-order valence-corrected chi connectivity index (χ4v) is 6.17. The minimum atomic E-state index is -4.10. The number of carbonyl (C=O) groups excluding carboxylic acids is 1. The van der Waals surface area contributed by atoms with Crippen molar-refractivity contribution in [2.45, 2.75) is 18.4 Å². The summed E-state index contributed by atoms with van der Waals surface area (Å²) in [4.78, 5) is 24.9. The summed E-state index contributed by atoms with van der Waals surface area (Å²) >= 11 is 13.1. The van der Waals surface area contributed by atoms with E-state index in [0.717, 1.165) is 25.9 Å². The van der Waals surface area contributed by atoms with E-state index in [-0.39, 0.29) is 15.5 Å². The lowest BCUT2D eigenvalue weighted by Crippen LogP contribution is -2.38. The first-order valence-electron chi connectivity index (χ1n) is 10.2. The van der Waals surface area contributed by atoms with Crippen molar-refractivity contribution in [3.63, 3.8) is 0 Å². The van der Waals surface area contributed by atoms with Crippen LogP contribution in [0.5, 0.6) is 0 Å². The number of aromatic nitrogens is 1. The molecule has 0 spiro atoms. The van der Waals surface area contributed by atoms with Gasteiger partial charge in [0.25, 0.3) is 10.0 Å². The van der Waals surface area contributed by atoms with Gasteiger partial charge in [0.1, 0.15) is 6.54 Å². The van der Waals surface area contributed by atoms with E-state index in [4.69, 9.17) is 23.2 Å². The first-order valence-corrected chi connectivity index (χ1v) is 13.2. The van der Waals surface area contributed by atoms with E-state index in [1.165, 1.54) is 30.3 Å². The van der Waals surface area contributed by atoms with E-state index in [9.17, 15) is 18.0 Å². The maximum atomic E-state index is 13.4. The Kier molecular flexibility index (Phi) is 6.99. The normalized spacial score (nSPS) is 11.5. The van der Waals surface area contributed by atoms with Crippen LogP contribution in [0.25, 0.3) is 10.2 Å². The van der Waals surface area contributed by atoms with Crippen LogP contribution in [0.1, 0.15) is 6.92 Å². The number of hydrogen-bond donors (Lipinski definition) is 1. The number of carbonyl (C=O) groups is 1. The van der Waals surface area contributed by atoms with Crippen LogP contribution < -0.4 is 14.5 Å². The largest absolute Gasteiger partial charge is 0.324 e. The standard InChI is InChI=1S/C23H19Cl2N3O4S2/c1-2-27-20-11-8-17(13-21(20)33-23(27)30)26-22(29)14-28(18-5-3-4-16(25)12-18)34(31,32)19-9-6-15(24)7-10-19/h3-13H,2,14H2,1H3,(H,26,29). The number of thiazole rings is 1. The van der Waals surface area contributed by atoms with Crippen molar-refractivity contribution < 1.29 is 13.2 Å². The second kappa shape index (κ2) is 9.79. The monoisotopic (exact) mass is 535 g/mol. The van der Waals surface area contributed by atoms with Crippen LogP contribution in [0, 0.1) is 0 Å². The van der Waals surface area contributed by atoms with Crippen LogP contribution in [-0.4, -0.2) is 25.4 Å². The number of sulfonamides is 1. The van der Waals surface area contributed by atoms with Crippen LogP contribution in [0.3, 0.4) is 0 Å². The second-order valence-corrected chi connectivity index (χ2v) is 11.0. The van der Waals surface area contributed by atoms with E-state index in [1.807, 2.05) is 6.92 Å². The Labute approximate surface area is 210 Å². The number of aryl methyl sites for hydroxylation is 1. The van der Waals surface area contributed by atoms with Gasteiger partial charge in [0.2, 0.25) is 5.91 Å². The van der Waals surface area contributed by atoms with Crippen molar-refractivity contribution >= 4 is 72.1 Å². The Balaban J connectivity index is 1.65. The lowest BCUT2D eigenvalue weighted by Gasteiger charge is -2.24. The number of anilines is 2. The summed E-state index contributed by atoms with van der Waals surface area (Å²) in [5.41, 5.74) is 1.48. The zero-order valence-electron chi connectivity index (χ0n) is 17.9. The highest BCUT2D eigenvalue weighted by molar-refractivity contribution is 7.92. The number of nitrogens with one attached hydrogen (secondary N) is 1. The molecule has 0 saturated carbocycles. The third-order valence-electron chi connectivity index (χ3n) is 5.05. The fourth-order valence-electron chi connectivity index (χ4n) is 3.45. The Bertz CT molecular complexity index is 1530.